The van der Waals surface area contributed by atoms with Crippen molar-refractivity contribution >= 4 is 22.4 Å². The molecule has 2 aromatic heterocycles. The van der Waals surface area contributed by atoms with Crippen LogP contribution in [0.3, 0.4) is 0 Å². The van der Waals surface area contributed by atoms with Gasteiger partial charge in [0.2, 0.25) is 0 Å². The van der Waals surface area contributed by atoms with Crippen molar-refractivity contribution in [2.24, 2.45) is 0 Å². The molecule has 1 aromatic carbocycles. The molecule has 0 aliphatic rings. The first-order valence-corrected chi connectivity index (χ1v) is 8.27. The van der Waals surface area contributed by atoms with Crippen LogP contribution in [0.2, 0.25) is 0 Å². The van der Waals surface area contributed by atoms with Crippen molar-refractivity contribution in [1.82, 2.24) is 15.2 Å². The molecule has 0 saturated carbocycles. The van der Waals surface area contributed by atoms with Gasteiger partial charge in [-0.2, -0.15) is 5.10 Å². The standard InChI is InChI=1S/C16H11F3N4O3S/c17-16(18,19)26-10-3-1-9(2-4-10)7-11-8-20-15(27-11)21-14(25)12-5-6-13(24)23-22-12/h1-6,8H,7H2,(H,23,24)(H,20,21,25). The summed E-state index contributed by atoms with van der Waals surface area (Å²) < 4.78 is 40.3. The number of rotatable bonds is 5. The first kappa shape index (κ1) is 18.6. The third-order valence-electron chi connectivity index (χ3n) is 3.22. The highest BCUT2D eigenvalue weighted by molar-refractivity contribution is 7.15. The molecule has 3 aromatic rings. The fourth-order valence-corrected chi connectivity index (χ4v) is 2.93. The van der Waals surface area contributed by atoms with Gasteiger partial charge in [-0.1, -0.05) is 12.1 Å². The Bertz CT molecular complexity index is 979. The van der Waals surface area contributed by atoms with Crippen molar-refractivity contribution in [2.45, 2.75) is 12.8 Å². The lowest BCUT2D eigenvalue weighted by Gasteiger charge is -2.08. The summed E-state index contributed by atoms with van der Waals surface area (Å²) in [6.07, 6.45) is -2.75. The summed E-state index contributed by atoms with van der Waals surface area (Å²) in [6.45, 7) is 0. The van der Waals surface area contributed by atoms with Crippen molar-refractivity contribution in [1.29, 1.82) is 0 Å². The van der Waals surface area contributed by atoms with Crippen molar-refractivity contribution in [2.75, 3.05) is 5.32 Å². The second kappa shape index (κ2) is 7.58. The summed E-state index contributed by atoms with van der Waals surface area (Å²) >= 11 is 1.21. The highest BCUT2D eigenvalue weighted by atomic mass is 32.1. The van der Waals surface area contributed by atoms with E-state index >= 15 is 0 Å². The van der Waals surface area contributed by atoms with Gasteiger partial charge in [-0.05, 0) is 23.8 Å². The van der Waals surface area contributed by atoms with Crippen LogP contribution in [0.15, 0.2) is 47.4 Å². The molecule has 0 aliphatic heterocycles. The molecule has 0 fully saturated rings. The third kappa shape index (κ3) is 5.38. The molecule has 11 heteroatoms. The molecule has 0 radical (unpaired) electrons. The van der Waals surface area contributed by atoms with Gasteiger partial charge in [-0.25, -0.2) is 10.1 Å². The number of carbonyl (C=O) groups is 1. The number of benzene rings is 1. The number of aromatic nitrogens is 3. The molecule has 0 aliphatic carbocycles. The Kier molecular flexibility index (Phi) is 5.21. The first-order valence-electron chi connectivity index (χ1n) is 7.45. The number of amides is 1. The third-order valence-corrected chi connectivity index (χ3v) is 4.13. The van der Waals surface area contributed by atoms with Gasteiger partial charge in [0.15, 0.2) is 5.13 Å². The van der Waals surface area contributed by atoms with Crippen LogP contribution in [0.5, 0.6) is 5.75 Å². The fourth-order valence-electron chi connectivity index (χ4n) is 2.09. The van der Waals surface area contributed by atoms with Gasteiger partial charge >= 0.3 is 6.36 Å². The second-order valence-electron chi connectivity index (χ2n) is 5.26. The van der Waals surface area contributed by atoms with E-state index in [2.05, 4.69) is 25.2 Å². The number of ether oxygens (including phenoxy) is 1. The van der Waals surface area contributed by atoms with E-state index < -0.39 is 17.8 Å². The average Bonchev–Trinajstić information content (AvgIpc) is 3.03. The average molecular weight is 396 g/mol. The molecule has 140 valence electrons. The molecular formula is C16H11F3N4O3S. The highest BCUT2D eigenvalue weighted by Gasteiger charge is 2.30. The quantitative estimate of drug-likeness (QED) is 0.691. The van der Waals surface area contributed by atoms with Gasteiger partial charge in [-0.15, -0.1) is 24.5 Å². The van der Waals surface area contributed by atoms with E-state index in [1.54, 1.807) is 6.20 Å². The molecule has 27 heavy (non-hydrogen) atoms. The maximum atomic E-state index is 12.2. The van der Waals surface area contributed by atoms with E-state index in [4.69, 9.17) is 0 Å². The topological polar surface area (TPSA) is 97.0 Å². The number of H-pyrrole nitrogens is 1. The summed E-state index contributed by atoms with van der Waals surface area (Å²) in [4.78, 5) is 27.8. The van der Waals surface area contributed by atoms with Crippen LogP contribution in [-0.2, 0) is 6.42 Å². The van der Waals surface area contributed by atoms with Gasteiger partial charge < -0.3 is 4.74 Å². The van der Waals surface area contributed by atoms with Crippen LogP contribution in [0.25, 0.3) is 0 Å². The van der Waals surface area contributed by atoms with E-state index in [1.807, 2.05) is 0 Å². The van der Waals surface area contributed by atoms with E-state index in [0.717, 1.165) is 10.4 Å². The Labute approximate surface area is 153 Å². The molecule has 0 bridgehead atoms. The van der Waals surface area contributed by atoms with Crippen LogP contribution in [-0.4, -0.2) is 27.5 Å². The Morgan fingerprint density at radius 1 is 1.19 bits per heavy atom. The van der Waals surface area contributed by atoms with Gasteiger partial charge in [0.1, 0.15) is 11.4 Å². The monoisotopic (exact) mass is 396 g/mol. The number of nitrogens with one attached hydrogen (secondary N) is 2. The number of hydrogen-bond acceptors (Lipinski definition) is 6. The molecule has 2 heterocycles. The van der Waals surface area contributed by atoms with Crippen molar-refractivity contribution in [3.05, 3.63) is 69.1 Å². The van der Waals surface area contributed by atoms with E-state index in [0.29, 0.717) is 11.6 Å². The van der Waals surface area contributed by atoms with Crippen molar-refractivity contribution in [3.63, 3.8) is 0 Å². The fraction of sp³-hybridized carbons (Fsp3) is 0.125. The minimum atomic E-state index is -4.73. The number of carbonyl (C=O) groups excluding carboxylic acids is 1. The largest absolute Gasteiger partial charge is 0.573 e. The maximum absolute atomic E-state index is 12.2. The normalized spacial score (nSPS) is 11.2. The maximum Gasteiger partial charge on any atom is 0.573 e. The predicted octanol–water partition coefficient (Wildman–Crippen LogP) is 2.97. The molecule has 3 rings (SSSR count). The number of anilines is 1. The Hall–Kier alpha value is -3.21. The van der Waals surface area contributed by atoms with Crippen molar-refractivity contribution < 1.29 is 22.7 Å². The number of hydrogen-bond donors (Lipinski definition) is 2. The number of halogens is 3. The zero-order valence-corrected chi connectivity index (χ0v) is 14.2. The number of alkyl halides is 3. The van der Waals surface area contributed by atoms with Crippen LogP contribution in [0.1, 0.15) is 20.9 Å². The second-order valence-corrected chi connectivity index (χ2v) is 6.38. The summed E-state index contributed by atoms with van der Waals surface area (Å²) in [7, 11) is 0. The van der Waals surface area contributed by atoms with Crippen molar-refractivity contribution in [3.8, 4) is 5.75 Å². The Morgan fingerprint density at radius 3 is 2.56 bits per heavy atom. The Morgan fingerprint density at radius 2 is 1.93 bits per heavy atom. The summed E-state index contributed by atoms with van der Waals surface area (Å²) in [5.41, 5.74) is 0.370. The lowest BCUT2D eigenvalue weighted by atomic mass is 10.1. The molecule has 0 spiro atoms. The van der Waals surface area contributed by atoms with E-state index in [1.165, 1.54) is 47.7 Å². The number of aromatic amines is 1. The first-order chi connectivity index (χ1) is 12.8. The van der Waals surface area contributed by atoms with Gasteiger partial charge in [0, 0.05) is 23.6 Å². The molecule has 1 amide bonds. The van der Waals surface area contributed by atoms with Crippen LogP contribution in [0.4, 0.5) is 18.3 Å². The minimum absolute atomic E-state index is 0.0339. The molecular weight excluding hydrogens is 385 g/mol. The summed E-state index contributed by atoms with van der Waals surface area (Å²) in [6, 6.07) is 7.96. The Balaban J connectivity index is 1.61. The highest BCUT2D eigenvalue weighted by Crippen LogP contribution is 2.25. The molecule has 2 N–H and O–H groups in total. The number of nitrogens with zero attached hydrogens (tertiary/aromatic N) is 2. The molecule has 0 unspecified atom stereocenters. The van der Waals surface area contributed by atoms with Crippen LogP contribution >= 0.6 is 11.3 Å². The smallest absolute Gasteiger partial charge is 0.406 e. The van der Waals surface area contributed by atoms with E-state index in [-0.39, 0.29) is 11.4 Å². The number of thiazole rings is 1. The van der Waals surface area contributed by atoms with Gasteiger partial charge in [0.05, 0.1) is 0 Å². The molecule has 0 saturated heterocycles. The summed E-state index contributed by atoms with van der Waals surface area (Å²) in [5, 5.41) is 8.67. The van der Waals surface area contributed by atoms with Gasteiger partial charge in [-0.3, -0.25) is 14.9 Å². The van der Waals surface area contributed by atoms with Crippen LogP contribution < -0.4 is 15.6 Å². The minimum Gasteiger partial charge on any atom is -0.406 e. The molecule has 0 atom stereocenters. The lowest BCUT2D eigenvalue weighted by Crippen LogP contribution is -2.17. The predicted molar refractivity (Wildman–Crippen MR) is 90.9 cm³/mol. The lowest BCUT2D eigenvalue weighted by molar-refractivity contribution is -0.274. The van der Waals surface area contributed by atoms with Crippen LogP contribution in [0, 0.1) is 0 Å². The SMILES string of the molecule is O=C(Nc1ncc(Cc2ccc(OC(F)(F)F)cc2)s1)c1ccc(=O)[nH]n1. The van der Waals surface area contributed by atoms with E-state index in [9.17, 15) is 22.8 Å². The molecule has 7 nitrogen and oxygen atoms in total. The summed E-state index contributed by atoms with van der Waals surface area (Å²) in [5.74, 6) is -0.822. The zero-order chi connectivity index (χ0) is 19.4. The zero-order valence-electron chi connectivity index (χ0n) is 13.4. The van der Waals surface area contributed by atoms with Gasteiger partial charge in [0.25, 0.3) is 11.5 Å².